The molecule has 1 aromatic heterocycles. The summed E-state index contributed by atoms with van der Waals surface area (Å²) in [4.78, 5) is 15.1. The highest BCUT2D eigenvalue weighted by Crippen LogP contribution is 1.98. The molecule has 0 unspecified atom stereocenters. The second-order valence-corrected chi connectivity index (χ2v) is 3.02. The quantitative estimate of drug-likeness (QED) is 0.763. The van der Waals surface area contributed by atoms with E-state index in [4.69, 9.17) is 5.11 Å². The zero-order valence-electron chi connectivity index (χ0n) is 8.56. The van der Waals surface area contributed by atoms with Gasteiger partial charge in [0.05, 0.1) is 6.61 Å². The monoisotopic (exact) mass is 210 g/mol. The van der Waals surface area contributed by atoms with Crippen LogP contribution in [-0.4, -0.2) is 29.4 Å². The van der Waals surface area contributed by atoms with E-state index in [0.717, 1.165) is 11.3 Å². The Kier molecular flexibility index (Phi) is 4.56. The number of aliphatic hydroxyl groups excluding tert-OH is 1. The maximum atomic E-state index is 11.0. The number of amides is 1. The van der Waals surface area contributed by atoms with Gasteiger partial charge in [0.2, 0.25) is 0 Å². The van der Waals surface area contributed by atoms with E-state index < -0.39 is 6.09 Å². The van der Waals surface area contributed by atoms with E-state index in [0.29, 0.717) is 6.54 Å². The molecule has 0 bridgehead atoms. The third kappa shape index (κ3) is 4.42. The summed E-state index contributed by atoms with van der Waals surface area (Å²) < 4.78 is 4.62. The Morgan fingerprint density at radius 3 is 3.00 bits per heavy atom. The first kappa shape index (κ1) is 11.5. The first-order valence-electron chi connectivity index (χ1n) is 4.65. The second kappa shape index (κ2) is 5.98. The Hall–Kier alpha value is -1.62. The zero-order valence-corrected chi connectivity index (χ0v) is 8.56. The van der Waals surface area contributed by atoms with E-state index in [2.05, 4.69) is 15.0 Å². The van der Waals surface area contributed by atoms with Crippen LogP contribution in [0.3, 0.4) is 0 Å². The topological polar surface area (TPSA) is 71.5 Å². The molecule has 0 fully saturated rings. The molecule has 1 amide bonds. The van der Waals surface area contributed by atoms with Gasteiger partial charge in [-0.2, -0.15) is 0 Å². The highest BCUT2D eigenvalue weighted by atomic mass is 16.6. The molecule has 5 heteroatoms. The molecule has 1 aromatic rings. The number of rotatable bonds is 4. The maximum absolute atomic E-state index is 11.0. The molecular weight excluding hydrogens is 196 g/mol. The summed E-state index contributed by atoms with van der Waals surface area (Å²) in [6, 6.07) is 3.75. The minimum absolute atomic E-state index is 0.0119. The van der Waals surface area contributed by atoms with Crippen molar-refractivity contribution in [1.29, 1.82) is 0 Å². The van der Waals surface area contributed by atoms with Gasteiger partial charge in [-0.3, -0.25) is 4.98 Å². The van der Waals surface area contributed by atoms with Crippen molar-refractivity contribution in [3.05, 3.63) is 29.6 Å². The second-order valence-electron chi connectivity index (χ2n) is 3.02. The lowest BCUT2D eigenvalue weighted by Crippen LogP contribution is -2.24. The van der Waals surface area contributed by atoms with Gasteiger partial charge in [-0.15, -0.1) is 0 Å². The Morgan fingerprint density at radius 1 is 1.60 bits per heavy atom. The van der Waals surface area contributed by atoms with Gasteiger partial charge < -0.3 is 15.2 Å². The van der Waals surface area contributed by atoms with Crippen LogP contribution in [-0.2, 0) is 11.3 Å². The molecule has 0 radical (unpaired) electrons. The number of hydrogen-bond acceptors (Lipinski definition) is 4. The minimum Gasteiger partial charge on any atom is -0.447 e. The minimum atomic E-state index is -0.537. The standard InChI is InChI=1S/C10H14N2O3/c1-8-2-3-9(6-11-8)7-12-10(14)15-5-4-13/h2-3,6,13H,4-5,7H2,1H3,(H,12,14). The molecular formula is C10H14N2O3. The molecule has 0 aliphatic heterocycles. The molecule has 0 atom stereocenters. The lowest BCUT2D eigenvalue weighted by Gasteiger charge is -2.05. The van der Waals surface area contributed by atoms with Crippen LogP contribution in [0.15, 0.2) is 18.3 Å². The summed E-state index contributed by atoms with van der Waals surface area (Å²) in [5.74, 6) is 0. The smallest absolute Gasteiger partial charge is 0.407 e. The van der Waals surface area contributed by atoms with Gasteiger partial charge in [0.1, 0.15) is 6.61 Å². The van der Waals surface area contributed by atoms with Gasteiger partial charge in [0, 0.05) is 18.4 Å². The van der Waals surface area contributed by atoms with Crippen molar-refractivity contribution < 1.29 is 14.6 Å². The number of aromatic nitrogens is 1. The Balaban J connectivity index is 2.30. The first-order chi connectivity index (χ1) is 7.22. The number of aryl methyl sites for hydroxylation is 1. The van der Waals surface area contributed by atoms with E-state index in [1.54, 1.807) is 6.20 Å². The van der Waals surface area contributed by atoms with Crippen LogP contribution in [0.1, 0.15) is 11.3 Å². The molecule has 0 aromatic carbocycles. The van der Waals surface area contributed by atoms with E-state index in [1.807, 2.05) is 19.1 Å². The fraction of sp³-hybridized carbons (Fsp3) is 0.400. The van der Waals surface area contributed by atoms with Crippen molar-refractivity contribution in [2.45, 2.75) is 13.5 Å². The van der Waals surface area contributed by atoms with Crippen molar-refractivity contribution in [2.75, 3.05) is 13.2 Å². The van der Waals surface area contributed by atoms with E-state index in [-0.39, 0.29) is 13.2 Å². The van der Waals surface area contributed by atoms with Crippen LogP contribution >= 0.6 is 0 Å². The van der Waals surface area contributed by atoms with E-state index in [1.165, 1.54) is 0 Å². The lowest BCUT2D eigenvalue weighted by atomic mass is 10.2. The van der Waals surface area contributed by atoms with E-state index >= 15 is 0 Å². The highest BCUT2D eigenvalue weighted by Gasteiger charge is 2.00. The van der Waals surface area contributed by atoms with Gasteiger partial charge in [-0.05, 0) is 18.6 Å². The van der Waals surface area contributed by atoms with Crippen LogP contribution in [0.25, 0.3) is 0 Å². The molecule has 1 rings (SSSR count). The number of pyridine rings is 1. The molecule has 0 aliphatic rings. The zero-order chi connectivity index (χ0) is 11.1. The normalized spacial score (nSPS) is 9.73. The van der Waals surface area contributed by atoms with Crippen LogP contribution in [0, 0.1) is 6.92 Å². The molecule has 2 N–H and O–H groups in total. The SMILES string of the molecule is Cc1ccc(CNC(=O)OCCO)cn1. The first-order valence-corrected chi connectivity index (χ1v) is 4.65. The van der Waals surface area contributed by atoms with Gasteiger partial charge >= 0.3 is 6.09 Å². The van der Waals surface area contributed by atoms with Gasteiger partial charge in [-0.25, -0.2) is 4.79 Å². The summed E-state index contributed by atoms with van der Waals surface area (Å²) in [5.41, 5.74) is 1.84. The molecule has 15 heavy (non-hydrogen) atoms. The number of hydrogen-bond donors (Lipinski definition) is 2. The summed E-state index contributed by atoms with van der Waals surface area (Å²) >= 11 is 0. The van der Waals surface area contributed by atoms with Gasteiger partial charge in [0.15, 0.2) is 0 Å². The molecule has 0 saturated heterocycles. The van der Waals surface area contributed by atoms with Gasteiger partial charge in [-0.1, -0.05) is 6.07 Å². The highest BCUT2D eigenvalue weighted by molar-refractivity contribution is 5.67. The van der Waals surface area contributed by atoms with Crippen LogP contribution in [0.2, 0.25) is 0 Å². The fourth-order valence-corrected chi connectivity index (χ4v) is 0.967. The average Bonchev–Trinajstić information content (AvgIpc) is 2.25. The largest absolute Gasteiger partial charge is 0.447 e. The summed E-state index contributed by atoms with van der Waals surface area (Å²) in [6.07, 6.45) is 1.16. The number of alkyl carbamates (subject to hydrolysis) is 1. The van der Waals surface area contributed by atoms with Crippen LogP contribution < -0.4 is 5.32 Å². The van der Waals surface area contributed by atoms with Crippen LogP contribution in [0.5, 0.6) is 0 Å². The fourth-order valence-electron chi connectivity index (χ4n) is 0.967. The molecule has 0 spiro atoms. The Bertz CT molecular complexity index is 311. The number of carbonyl (C=O) groups excluding carboxylic acids is 1. The number of nitrogens with one attached hydrogen (secondary N) is 1. The predicted molar refractivity (Wildman–Crippen MR) is 54.2 cm³/mol. The molecule has 5 nitrogen and oxygen atoms in total. The molecule has 1 heterocycles. The van der Waals surface area contributed by atoms with Crippen molar-refractivity contribution in [2.24, 2.45) is 0 Å². The molecule has 0 saturated carbocycles. The van der Waals surface area contributed by atoms with Crippen molar-refractivity contribution in [1.82, 2.24) is 10.3 Å². The lowest BCUT2D eigenvalue weighted by molar-refractivity contribution is 0.119. The summed E-state index contributed by atoms with van der Waals surface area (Å²) in [6.45, 7) is 2.11. The third-order valence-electron chi connectivity index (χ3n) is 1.73. The molecule has 0 aliphatic carbocycles. The number of aliphatic hydroxyl groups is 1. The number of ether oxygens (including phenoxy) is 1. The Morgan fingerprint density at radius 2 is 2.40 bits per heavy atom. The van der Waals surface area contributed by atoms with Crippen LogP contribution in [0.4, 0.5) is 4.79 Å². The van der Waals surface area contributed by atoms with Gasteiger partial charge in [0.25, 0.3) is 0 Å². The average molecular weight is 210 g/mol. The van der Waals surface area contributed by atoms with E-state index in [9.17, 15) is 4.79 Å². The molecule has 82 valence electrons. The number of carbonyl (C=O) groups is 1. The third-order valence-corrected chi connectivity index (χ3v) is 1.73. The summed E-state index contributed by atoms with van der Waals surface area (Å²) in [7, 11) is 0. The predicted octanol–water partition coefficient (Wildman–Crippen LogP) is 0.609. The number of nitrogens with zero attached hydrogens (tertiary/aromatic N) is 1. The summed E-state index contributed by atoms with van der Waals surface area (Å²) in [5, 5.41) is 11.0. The van der Waals surface area contributed by atoms with Crippen molar-refractivity contribution in [3.8, 4) is 0 Å². The Labute approximate surface area is 88.1 Å². The maximum Gasteiger partial charge on any atom is 0.407 e. The van der Waals surface area contributed by atoms with Crippen molar-refractivity contribution in [3.63, 3.8) is 0 Å². The van der Waals surface area contributed by atoms with Crippen molar-refractivity contribution >= 4 is 6.09 Å².